The van der Waals surface area contributed by atoms with Crippen molar-refractivity contribution >= 4 is 5.97 Å². The number of rotatable bonds is 8. The zero-order valence-corrected chi connectivity index (χ0v) is 12.3. The van der Waals surface area contributed by atoms with Gasteiger partial charge in [0.2, 0.25) is 0 Å². The minimum Gasteiger partial charge on any atom is -0.480 e. The average molecular weight is 276 g/mol. The molecule has 2 rings (SSSR count). The van der Waals surface area contributed by atoms with Gasteiger partial charge in [-0.1, -0.05) is 37.3 Å². The first kappa shape index (κ1) is 15.0. The highest BCUT2D eigenvalue weighted by Crippen LogP contribution is 2.29. The highest BCUT2D eigenvalue weighted by molar-refractivity contribution is 5.80. The summed E-state index contributed by atoms with van der Waals surface area (Å²) in [6.07, 6.45) is 3.05. The van der Waals surface area contributed by atoms with Crippen LogP contribution in [0.2, 0.25) is 0 Å². The van der Waals surface area contributed by atoms with Crippen molar-refractivity contribution in [3.05, 3.63) is 35.9 Å². The predicted molar refractivity (Wildman–Crippen MR) is 79.7 cm³/mol. The van der Waals surface area contributed by atoms with Crippen LogP contribution in [-0.4, -0.2) is 42.2 Å². The van der Waals surface area contributed by atoms with E-state index in [9.17, 15) is 9.90 Å². The Morgan fingerprint density at radius 3 is 2.55 bits per heavy atom. The maximum atomic E-state index is 11.9. The van der Waals surface area contributed by atoms with E-state index in [2.05, 4.69) is 17.3 Å². The lowest BCUT2D eigenvalue weighted by atomic mass is 9.86. The number of carboxylic acids is 1. The summed E-state index contributed by atoms with van der Waals surface area (Å²) in [6.45, 7) is 3.37. The molecule has 2 N–H and O–H groups in total. The Balaban J connectivity index is 2.19. The summed E-state index contributed by atoms with van der Waals surface area (Å²) >= 11 is 0. The third-order valence-electron chi connectivity index (χ3n) is 4.12. The monoisotopic (exact) mass is 276 g/mol. The summed E-state index contributed by atoms with van der Waals surface area (Å²) < 4.78 is 0. The first-order valence-corrected chi connectivity index (χ1v) is 7.34. The molecule has 0 aliphatic heterocycles. The van der Waals surface area contributed by atoms with Gasteiger partial charge in [0.25, 0.3) is 0 Å². The zero-order valence-electron chi connectivity index (χ0n) is 12.3. The van der Waals surface area contributed by atoms with Crippen molar-refractivity contribution in [2.75, 3.05) is 20.1 Å². The Kier molecular flexibility index (Phi) is 4.78. The van der Waals surface area contributed by atoms with E-state index in [1.165, 1.54) is 12.8 Å². The van der Waals surface area contributed by atoms with Crippen LogP contribution in [0.3, 0.4) is 0 Å². The van der Waals surface area contributed by atoms with Crippen molar-refractivity contribution in [1.29, 1.82) is 0 Å². The second kappa shape index (κ2) is 6.37. The maximum absolute atomic E-state index is 11.9. The van der Waals surface area contributed by atoms with Gasteiger partial charge in [-0.15, -0.1) is 0 Å². The van der Waals surface area contributed by atoms with Crippen molar-refractivity contribution in [2.45, 2.75) is 37.8 Å². The largest absolute Gasteiger partial charge is 0.480 e. The van der Waals surface area contributed by atoms with Crippen LogP contribution in [0.4, 0.5) is 0 Å². The molecule has 1 saturated carbocycles. The number of benzene rings is 1. The zero-order chi connectivity index (χ0) is 14.6. The number of likely N-dealkylation sites (N-methyl/N-ethyl adjacent to an activating group) is 1. The van der Waals surface area contributed by atoms with E-state index in [0.717, 1.165) is 12.1 Å². The molecular weight excluding hydrogens is 252 g/mol. The lowest BCUT2D eigenvalue weighted by Crippen LogP contribution is -2.51. The van der Waals surface area contributed by atoms with E-state index < -0.39 is 11.5 Å². The molecule has 1 aromatic rings. The van der Waals surface area contributed by atoms with E-state index >= 15 is 0 Å². The Morgan fingerprint density at radius 2 is 2.05 bits per heavy atom. The number of hydrogen-bond acceptors (Lipinski definition) is 3. The molecule has 0 radical (unpaired) electrons. The van der Waals surface area contributed by atoms with Gasteiger partial charge in [0.05, 0.1) is 0 Å². The number of nitrogens with zero attached hydrogens (tertiary/aromatic N) is 1. The van der Waals surface area contributed by atoms with Gasteiger partial charge in [0, 0.05) is 12.6 Å². The fourth-order valence-corrected chi connectivity index (χ4v) is 2.71. The number of carboxylic acid groups (broad SMARTS) is 1. The minimum atomic E-state index is -0.987. The number of carbonyl (C=O) groups is 1. The van der Waals surface area contributed by atoms with E-state index in [4.69, 9.17) is 0 Å². The Hall–Kier alpha value is -1.39. The van der Waals surface area contributed by atoms with Gasteiger partial charge in [-0.2, -0.15) is 0 Å². The summed E-state index contributed by atoms with van der Waals surface area (Å²) in [5.41, 5.74) is -0.155. The summed E-state index contributed by atoms with van der Waals surface area (Å²) in [4.78, 5) is 14.2. The summed E-state index contributed by atoms with van der Waals surface area (Å²) in [6, 6.07) is 10.2. The van der Waals surface area contributed by atoms with Crippen LogP contribution in [0.5, 0.6) is 0 Å². The van der Waals surface area contributed by atoms with Crippen LogP contribution in [-0.2, 0) is 10.3 Å². The standard InChI is InChI=1S/C16H24N2O2/c1-3-17-16(15(19)20,13-7-5-4-6-8-13)11-12-18(2)14-9-10-14/h4-8,14,17H,3,9-12H2,1-2H3,(H,19,20). The number of nitrogens with one attached hydrogen (secondary N) is 1. The van der Waals surface area contributed by atoms with Crippen LogP contribution in [0, 0.1) is 0 Å². The van der Waals surface area contributed by atoms with Crippen molar-refractivity contribution in [1.82, 2.24) is 10.2 Å². The van der Waals surface area contributed by atoms with E-state index in [-0.39, 0.29) is 0 Å². The van der Waals surface area contributed by atoms with Crippen LogP contribution in [0.15, 0.2) is 30.3 Å². The topological polar surface area (TPSA) is 52.6 Å². The van der Waals surface area contributed by atoms with Crippen LogP contribution in [0.25, 0.3) is 0 Å². The third-order valence-corrected chi connectivity index (χ3v) is 4.12. The highest BCUT2D eigenvalue weighted by atomic mass is 16.4. The Labute approximate surface area is 120 Å². The van der Waals surface area contributed by atoms with Gasteiger partial charge in [-0.05, 0) is 38.4 Å². The molecule has 0 amide bonds. The molecule has 4 heteroatoms. The fourth-order valence-electron chi connectivity index (χ4n) is 2.71. The molecule has 0 aromatic heterocycles. The van der Waals surface area contributed by atoms with Crippen molar-refractivity contribution < 1.29 is 9.90 Å². The third kappa shape index (κ3) is 3.19. The molecule has 0 heterocycles. The molecule has 4 nitrogen and oxygen atoms in total. The molecule has 20 heavy (non-hydrogen) atoms. The highest BCUT2D eigenvalue weighted by Gasteiger charge is 2.40. The molecule has 0 saturated heterocycles. The molecule has 1 aliphatic rings. The van der Waals surface area contributed by atoms with Gasteiger partial charge in [0.15, 0.2) is 0 Å². The summed E-state index contributed by atoms with van der Waals surface area (Å²) in [5.74, 6) is -0.797. The summed E-state index contributed by atoms with van der Waals surface area (Å²) in [7, 11) is 2.08. The lowest BCUT2D eigenvalue weighted by molar-refractivity contribution is -0.146. The maximum Gasteiger partial charge on any atom is 0.328 e. The smallest absolute Gasteiger partial charge is 0.328 e. The van der Waals surface area contributed by atoms with Crippen molar-refractivity contribution in [2.24, 2.45) is 0 Å². The number of aliphatic carboxylic acids is 1. The second-order valence-electron chi connectivity index (χ2n) is 5.57. The molecule has 1 aliphatic carbocycles. The van der Waals surface area contributed by atoms with E-state index in [0.29, 0.717) is 19.0 Å². The molecular formula is C16H24N2O2. The van der Waals surface area contributed by atoms with Crippen LogP contribution >= 0.6 is 0 Å². The molecule has 1 atom stereocenters. The first-order chi connectivity index (χ1) is 9.60. The van der Waals surface area contributed by atoms with E-state index in [1.54, 1.807) is 0 Å². The van der Waals surface area contributed by atoms with Crippen molar-refractivity contribution in [3.8, 4) is 0 Å². The lowest BCUT2D eigenvalue weighted by Gasteiger charge is -2.32. The quantitative estimate of drug-likeness (QED) is 0.763. The second-order valence-corrected chi connectivity index (χ2v) is 5.57. The summed E-state index contributed by atoms with van der Waals surface area (Å²) in [5, 5.41) is 13.0. The van der Waals surface area contributed by atoms with Gasteiger partial charge in [-0.25, -0.2) is 4.79 Å². The average Bonchev–Trinajstić information content (AvgIpc) is 3.28. The normalized spacial score (nSPS) is 17.9. The van der Waals surface area contributed by atoms with Crippen molar-refractivity contribution in [3.63, 3.8) is 0 Å². The van der Waals surface area contributed by atoms with Crippen LogP contribution < -0.4 is 5.32 Å². The van der Waals surface area contributed by atoms with Gasteiger partial charge >= 0.3 is 5.97 Å². The van der Waals surface area contributed by atoms with Crippen LogP contribution in [0.1, 0.15) is 31.7 Å². The molecule has 110 valence electrons. The molecule has 1 aromatic carbocycles. The van der Waals surface area contributed by atoms with Gasteiger partial charge in [-0.3, -0.25) is 5.32 Å². The van der Waals surface area contributed by atoms with E-state index in [1.807, 2.05) is 37.3 Å². The molecule has 1 unspecified atom stereocenters. The van der Waals surface area contributed by atoms with Gasteiger partial charge < -0.3 is 10.0 Å². The molecule has 0 bridgehead atoms. The minimum absolute atomic E-state index is 0.577. The Bertz CT molecular complexity index is 445. The van der Waals surface area contributed by atoms with Gasteiger partial charge in [0.1, 0.15) is 5.54 Å². The first-order valence-electron chi connectivity index (χ1n) is 7.34. The fraction of sp³-hybridized carbons (Fsp3) is 0.562. The molecule has 0 spiro atoms. The number of hydrogen-bond donors (Lipinski definition) is 2. The SMILES string of the molecule is CCNC(CCN(C)C1CC1)(C(=O)O)c1ccccc1. The predicted octanol–water partition coefficient (Wildman–Crippen LogP) is 2.06. The Morgan fingerprint density at radius 1 is 1.40 bits per heavy atom. The molecule has 1 fully saturated rings.